The van der Waals surface area contributed by atoms with Crippen LogP contribution in [0.2, 0.25) is 0 Å². The highest BCUT2D eigenvalue weighted by Gasteiger charge is 2.21. The van der Waals surface area contributed by atoms with Crippen LogP contribution in [0.3, 0.4) is 0 Å². The zero-order valence-electron chi connectivity index (χ0n) is 19.9. The molecule has 0 aliphatic carbocycles. The third-order valence-corrected chi connectivity index (χ3v) is 7.78. The quantitative estimate of drug-likeness (QED) is 0.403. The van der Waals surface area contributed by atoms with Crippen molar-refractivity contribution in [2.24, 2.45) is 0 Å². The molecule has 0 saturated carbocycles. The van der Waals surface area contributed by atoms with E-state index in [0.717, 1.165) is 16.8 Å². The number of fused-ring (bicyclic) bond motifs is 1. The highest BCUT2D eigenvalue weighted by molar-refractivity contribution is 7.91. The first-order valence-electron chi connectivity index (χ1n) is 11.4. The number of nitrogens with zero attached hydrogens (tertiary/aromatic N) is 4. The molecule has 9 nitrogen and oxygen atoms in total. The molecule has 1 saturated heterocycles. The third-order valence-electron chi connectivity index (χ3n) is 6.17. The normalized spacial score (nSPS) is 15.6. The van der Waals surface area contributed by atoms with Crippen LogP contribution in [0.5, 0.6) is 11.5 Å². The number of nitrogens with one attached hydrogen (secondary N) is 1. The van der Waals surface area contributed by atoms with Crippen molar-refractivity contribution in [2.45, 2.75) is 6.54 Å². The van der Waals surface area contributed by atoms with Crippen molar-refractivity contribution in [3.63, 3.8) is 0 Å². The Kier molecular flexibility index (Phi) is 6.50. The Labute approximate surface area is 208 Å². The maximum atomic E-state index is 14.6. The summed E-state index contributed by atoms with van der Waals surface area (Å²) in [5.41, 5.74) is 3.65. The van der Waals surface area contributed by atoms with Gasteiger partial charge in [0, 0.05) is 37.3 Å². The Morgan fingerprint density at radius 2 is 1.69 bits per heavy atom. The summed E-state index contributed by atoms with van der Waals surface area (Å²) in [4.78, 5) is 6.64. The Morgan fingerprint density at radius 1 is 1.00 bits per heavy atom. The van der Waals surface area contributed by atoms with Crippen LogP contribution in [0.25, 0.3) is 16.9 Å². The van der Waals surface area contributed by atoms with Gasteiger partial charge in [0.15, 0.2) is 32.8 Å². The molecule has 0 bridgehead atoms. The number of sulfone groups is 1. The van der Waals surface area contributed by atoms with E-state index in [0.29, 0.717) is 36.8 Å². The molecule has 11 heteroatoms. The van der Waals surface area contributed by atoms with Gasteiger partial charge >= 0.3 is 0 Å². The second-order valence-corrected chi connectivity index (χ2v) is 10.9. The SMILES string of the molecule is COc1cc(F)c(Nc2nc3cccc(-c4ccc(CN5CCS(=O)(=O)CC5)cc4)n3n2)cc1OC. The lowest BCUT2D eigenvalue weighted by molar-refractivity contribution is 0.287. The van der Waals surface area contributed by atoms with Crippen LogP contribution in [-0.2, 0) is 16.4 Å². The van der Waals surface area contributed by atoms with E-state index in [-0.39, 0.29) is 23.1 Å². The fraction of sp³-hybridized carbons (Fsp3) is 0.280. The van der Waals surface area contributed by atoms with Crippen molar-refractivity contribution < 1.29 is 22.3 Å². The zero-order chi connectivity index (χ0) is 25.3. The van der Waals surface area contributed by atoms with Crippen LogP contribution in [0.15, 0.2) is 54.6 Å². The highest BCUT2D eigenvalue weighted by atomic mass is 32.2. The van der Waals surface area contributed by atoms with Crippen LogP contribution in [0.4, 0.5) is 16.0 Å². The summed E-state index contributed by atoms with van der Waals surface area (Å²) < 4.78 is 50.0. The van der Waals surface area contributed by atoms with Crippen LogP contribution in [0.1, 0.15) is 5.56 Å². The predicted molar refractivity (Wildman–Crippen MR) is 135 cm³/mol. The first-order valence-corrected chi connectivity index (χ1v) is 13.2. The number of rotatable bonds is 7. The Bertz CT molecular complexity index is 1490. The first-order chi connectivity index (χ1) is 17.3. The van der Waals surface area contributed by atoms with Crippen LogP contribution < -0.4 is 14.8 Å². The van der Waals surface area contributed by atoms with E-state index < -0.39 is 15.7 Å². The van der Waals surface area contributed by atoms with Gasteiger partial charge in [-0.05, 0) is 17.7 Å². The standard InChI is InChI=1S/C25H26FN5O4S/c1-34-22-14-19(26)20(15-23(22)35-2)27-25-28-24-5-3-4-21(31(24)29-25)18-8-6-17(7-9-18)16-30-10-12-36(32,33)13-11-30/h3-9,14-15H,10-13,16H2,1-2H3,(H,27,29). The molecule has 3 heterocycles. The van der Waals surface area contributed by atoms with Gasteiger partial charge in [-0.15, -0.1) is 5.10 Å². The topological polar surface area (TPSA) is 98.1 Å². The minimum absolute atomic E-state index is 0.167. The predicted octanol–water partition coefficient (Wildman–Crippen LogP) is 3.53. The van der Waals surface area contributed by atoms with Gasteiger partial charge in [0.1, 0.15) is 0 Å². The second-order valence-electron chi connectivity index (χ2n) is 8.55. The number of ether oxygens (including phenoxy) is 2. The summed E-state index contributed by atoms with van der Waals surface area (Å²) in [7, 11) is 0.0363. The van der Waals surface area contributed by atoms with Gasteiger partial charge in [0.25, 0.3) is 0 Å². The van der Waals surface area contributed by atoms with Crippen LogP contribution >= 0.6 is 0 Å². The highest BCUT2D eigenvalue weighted by Crippen LogP contribution is 2.33. The van der Waals surface area contributed by atoms with Crippen molar-refractivity contribution >= 4 is 27.1 Å². The molecule has 2 aromatic carbocycles. The van der Waals surface area contributed by atoms with Gasteiger partial charge < -0.3 is 14.8 Å². The number of pyridine rings is 1. The number of anilines is 2. The summed E-state index contributed by atoms with van der Waals surface area (Å²) in [6.45, 7) is 1.81. The van der Waals surface area contributed by atoms with E-state index in [2.05, 4.69) is 20.3 Å². The summed E-state index contributed by atoms with van der Waals surface area (Å²) >= 11 is 0. The van der Waals surface area contributed by atoms with E-state index in [1.54, 1.807) is 4.52 Å². The van der Waals surface area contributed by atoms with E-state index >= 15 is 0 Å². The number of methoxy groups -OCH3 is 2. The first kappa shape index (κ1) is 24.0. The Balaban J connectivity index is 1.37. The zero-order valence-corrected chi connectivity index (χ0v) is 20.8. The molecule has 0 atom stereocenters. The van der Waals surface area contributed by atoms with Gasteiger partial charge in [0.05, 0.1) is 37.1 Å². The summed E-state index contributed by atoms with van der Waals surface area (Å²) in [5, 5.41) is 7.47. The number of hydrogen-bond acceptors (Lipinski definition) is 8. The average Bonchev–Trinajstić information content (AvgIpc) is 3.29. The third kappa shape index (κ3) is 4.98. The number of aromatic nitrogens is 3. The molecular formula is C25H26FN5O4S. The van der Waals surface area contributed by atoms with Gasteiger partial charge in [0.2, 0.25) is 5.95 Å². The molecule has 36 heavy (non-hydrogen) atoms. The second kappa shape index (κ2) is 9.75. The van der Waals surface area contributed by atoms with E-state index in [9.17, 15) is 12.8 Å². The minimum atomic E-state index is -2.89. The molecule has 1 aliphatic heterocycles. The van der Waals surface area contributed by atoms with Gasteiger partial charge in [-0.1, -0.05) is 30.3 Å². The van der Waals surface area contributed by atoms with Gasteiger partial charge in [-0.3, -0.25) is 4.90 Å². The molecule has 2 aromatic heterocycles. The molecule has 0 radical (unpaired) electrons. The van der Waals surface area contributed by atoms with Gasteiger partial charge in [-0.25, -0.2) is 17.3 Å². The number of hydrogen-bond donors (Lipinski definition) is 1. The Morgan fingerprint density at radius 3 is 2.39 bits per heavy atom. The smallest absolute Gasteiger partial charge is 0.247 e. The molecule has 4 aromatic rings. The largest absolute Gasteiger partial charge is 0.493 e. The van der Waals surface area contributed by atoms with E-state index in [4.69, 9.17) is 9.47 Å². The molecule has 1 fully saturated rings. The molecular weight excluding hydrogens is 485 g/mol. The van der Waals surface area contributed by atoms with Crippen LogP contribution in [-0.4, -0.2) is 66.7 Å². The fourth-order valence-electron chi connectivity index (χ4n) is 4.19. The van der Waals surface area contributed by atoms with Crippen molar-refractivity contribution in [1.82, 2.24) is 19.5 Å². The van der Waals surface area contributed by atoms with Crippen LogP contribution in [0, 0.1) is 5.82 Å². The fourth-order valence-corrected chi connectivity index (χ4v) is 5.47. The number of halogens is 1. The van der Waals surface area contributed by atoms with Crippen molar-refractivity contribution in [3.8, 4) is 22.8 Å². The molecule has 188 valence electrons. The molecule has 5 rings (SSSR count). The molecule has 1 aliphatic rings. The maximum absolute atomic E-state index is 14.6. The molecule has 1 N–H and O–H groups in total. The lowest BCUT2D eigenvalue weighted by atomic mass is 10.1. The minimum Gasteiger partial charge on any atom is -0.493 e. The summed E-state index contributed by atoms with van der Waals surface area (Å²) in [6.07, 6.45) is 0. The van der Waals surface area contributed by atoms with Crippen molar-refractivity contribution in [2.75, 3.05) is 44.1 Å². The summed E-state index contributed by atoms with van der Waals surface area (Å²) in [6, 6.07) is 16.5. The number of benzene rings is 2. The summed E-state index contributed by atoms with van der Waals surface area (Å²) in [5.74, 6) is 0.821. The maximum Gasteiger partial charge on any atom is 0.247 e. The average molecular weight is 512 g/mol. The lowest BCUT2D eigenvalue weighted by Gasteiger charge is -2.26. The van der Waals surface area contributed by atoms with Crippen molar-refractivity contribution in [1.29, 1.82) is 0 Å². The molecule has 0 amide bonds. The Hall–Kier alpha value is -3.70. The van der Waals surface area contributed by atoms with Gasteiger partial charge in [-0.2, -0.15) is 4.98 Å². The van der Waals surface area contributed by atoms with Crippen molar-refractivity contribution in [3.05, 3.63) is 66.0 Å². The molecule has 0 unspecified atom stereocenters. The monoisotopic (exact) mass is 511 g/mol. The molecule has 0 spiro atoms. The lowest BCUT2D eigenvalue weighted by Crippen LogP contribution is -2.39. The van der Waals surface area contributed by atoms with E-state index in [1.165, 1.54) is 26.4 Å². The van der Waals surface area contributed by atoms with E-state index in [1.807, 2.05) is 42.5 Å².